The quantitative estimate of drug-likeness (QED) is 0.482. The van der Waals surface area contributed by atoms with Crippen LogP contribution in [0.2, 0.25) is 0 Å². The lowest BCUT2D eigenvalue weighted by Gasteiger charge is -2.20. The Bertz CT molecular complexity index is 966. The van der Waals surface area contributed by atoms with Gasteiger partial charge in [-0.1, -0.05) is 40.2 Å². The standard InChI is InChI=1S/C20H14Br2N2O2/c21-14-9-7-13(8-10-14)17-12-18(19-6-3-11-26-19)24(23-17)20(25)15-4-1-2-5-16(15)22/h1-11,18H,12H2. The Morgan fingerprint density at radius 2 is 1.81 bits per heavy atom. The van der Waals surface area contributed by atoms with E-state index in [2.05, 4.69) is 37.0 Å². The molecule has 3 aromatic rings. The minimum atomic E-state index is -0.261. The second-order valence-corrected chi connectivity index (χ2v) is 7.69. The number of nitrogens with zero attached hydrogens (tertiary/aromatic N) is 2. The van der Waals surface area contributed by atoms with E-state index in [-0.39, 0.29) is 11.9 Å². The van der Waals surface area contributed by atoms with Gasteiger partial charge in [0.05, 0.1) is 17.5 Å². The van der Waals surface area contributed by atoms with Gasteiger partial charge in [0.25, 0.3) is 5.91 Å². The maximum atomic E-state index is 13.1. The molecule has 26 heavy (non-hydrogen) atoms. The SMILES string of the molecule is O=C(c1ccccc1Br)N1N=C(c2ccc(Br)cc2)CC1c1ccco1. The molecular weight excluding hydrogens is 460 g/mol. The Kier molecular flexibility index (Phi) is 4.78. The van der Waals surface area contributed by atoms with Crippen LogP contribution in [0.25, 0.3) is 0 Å². The van der Waals surface area contributed by atoms with Crippen molar-refractivity contribution in [3.05, 3.63) is 92.8 Å². The maximum absolute atomic E-state index is 13.1. The lowest BCUT2D eigenvalue weighted by molar-refractivity contribution is 0.0692. The fourth-order valence-electron chi connectivity index (χ4n) is 2.98. The third-order valence-electron chi connectivity index (χ3n) is 4.27. The molecular formula is C20H14Br2N2O2. The zero-order chi connectivity index (χ0) is 18.1. The molecule has 4 rings (SSSR count). The smallest absolute Gasteiger partial charge is 0.275 e. The summed E-state index contributed by atoms with van der Waals surface area (Å²) < 4.78 is 7.33. The molecule has 1 aromatic heterocycles. The second kappa shape index (κ2) is 7.21. The van der Waals surface area contributed by atoms with Crippen molar-refractivity contribution in [1.29, 1.82) is 0 Å². The van der Waals surface area contributed by atoms with E-state index in [1.807, 2.05) is 54.6 Å². The molecule has 0 N–H and O–H groups in total. The van der Waals surface area contributed by atoms with Gasteiger partial charge >= 0.3 is 0 Å². The van der Waals surface area contributed by atoms with Crippen LogP contribution in [-0.2, 0) is 0 Å². The molecule has 0 radical (unpaired) electrons. The molecule has 1 atom stereocenters. The van der Waals surface area contributed by atoms with Crippen molar-refractivity contribution in [2.75, 3.05) is 0 Å². The van der Waals surface area contributed by atoms with Crippen molar-refractivity contribution in [2.24, 2.45) is 5.10 Å². The van der Waals surface area contributed by atoms with E-state index in [9.17, 15) is 4.79 Å². The molecule has 130 valence electrons. The lowest BCUT2D eigenvalue weighted by Crippen LogP contribution is -2.27. The molecule has 1 amide bonds. The molecule has 0 saturated heterocycles. The monoisotopic (exact) mass is 472 g/mol. The number of halogens is 2. The van der Waals surface area contributed by atoms with Gasteiger partial charge in [0.2, 0.25) is 0 Å². The van der Waals surface area contributed by atoms with Crippen molar-refractivity contribution in [2.45, 2.75) is 12.5 Å². The zero-order valence-electron chi connectivity index (χ0n) is 13.6. The highest BCUT2D eigenvalue weighted by atomic mass is 79.9. The van der Waals surface area contributed by atoms with Crippen LogP contribution >= 0.6 is 31.9 Å². The van der Waals surface area contributed by atoms with Crippen molar-refractivity contribution < 1.29 is 9.21 Å². The summed E-state index contributed by atoms with van der Waals surface area (Å²) in [6.45, 7) is 0. The molecule has 0 aliphatic carbocycles. The molecule has 4 nitrogen and oxygen atoms in total. The van der Waals surface area contributed by atoms with Gasteiger partial charge in [-0.05, 0) is 57.9 Å². The summed E-state index contributed by atoms with van der Waals surface area (Å²) in [5, 5.41) is 6.17. The summed E-state index contributed by atoms with van der Waals surface area (Å²) >= 11 is 6.90. The molecule has 0 saturated carbocycles. The van der Waals surface area contributed by atoms with Crippen molar-refractivity contribution in [1.82, 2.24) is 5.01 Å². The number of furan rings is 1. The predicted octanol–water partition coefficient (Wildman–Crippen LogP) is 5.80. The van der Waals surface area contributed by atoms with E-state index in [0.717, 1.165) is 26.0 Å². The number of hydrazone groups is 1. The Balaban J connectivity index is 1.73. The average molecular weight is 474 g/mol. The largest absolute Gasteiger partial charge is 0.467 e. The summed E-state index contributed by atoms with van der Waals surface area (Å²) in [5.41, 5.74) is 2.43. The van der Waals surface area contributed by atoms with Crippen molar-refractivity contribution >= 4 is 43.5 Å². The third-order valence-corrected chi connectivity index (χ3v) is 5.49. The number of carbonyl (C=O) groups is 1. The fourth-order valence-corrected chi connectivity index (χ4v) is 3.69. The van der Waals surface area contributed by atoms with Gasteiger partial charge in [-0.25, -0.2) is 5.01 Å². The van der Waals surface area contributed by atoms with E-state index in [1.54, 1.807) is 12.3 Å². The molecule has 2 aromatic carbocycles. The van der Waals surface area contributed by atoms with Crippen LogP contribution in [0.4, 0.5) is 0 Å². The Hall–Kier alpha value is -2.18. The first-order valence-corrected chi connectivity index (χ1v) is 9.67. The molecule has 6 heteroatoms. The highest BCUT2D eigenvalue weighted by molar-refractivity contribution is 9.10. The molecule has 0 fully saturated rings. The summed E-state index contributed by atoms with van der Waals surface area (Å²) in [6, 6.07) is 18.7. The first-order chi connectivity index (χ1) is 12.6. The predicted molar refractivity (Wildman–Crippen MR) is 107 cm³/mol. The number of carbonyl (C=O) groups excluding carboxylic acids is 1. The number of amides is 1. The highest BCUT2D eigenvalue weighted by Crippen LogP contribution is 2.35. The van der Waals surface area contributed by atoms with Crippen LogP contribution in [0, 0.1) is 0 Å². The summed E-state index contributed by atoms with van der Waals surface area (Å²) in [5.74, 6) is 0.562. The van der Waals surface area contributed by atoms with E-state index in [4.69, 9.17) is 4.42 Å². The van der Waals surface area contributed by atoms with Gasteiger partial charge in [0.1, 0.15) is 11.8 Å². The summed E-state index contributed by atoms with van der Waals surface area (Å²) in [7, 11) is 0. The number of hydrogen-bond donors (Lipinski definition) is 0. The van der Waals surface area contributed by atoms with Crippen molar-refractivity contribution in [3.8, 4) is 0 Å². The van der Waals surface area contributed by atoms with Gasteiger partial charge in [-0.15, -0.1) is 0 Å². The normalized spacial score (nSPS) is 16.6. The highest BCUT2D eigenvalue weighted by Gasteiger charge is 2.35. The number of rotatable bonds is 3. The molecule has 0 bridgehead atoms. The Labute approximate surface area is 167 Å². The number of benzene rings is 2. The van der Waals surface area contributed by atoms with Gasteiger partial charge < -0.3 is 4.42 Å². The molecule has 2 heterocycles. The molecule has 1 unspecified atom stereocenters. The third kappa shape index (κ3) is 3.27. The maximum Gasteiger partial charge on any atom is 0.275 e. The second-order valence-electron chi connectivity index (χ2n) is 5.92. The van der Waals surface area contributed by atoms with Crippen LogP contribution in [0.5, 0.6) is 0 Å². The Morgan fingerprint density at radius 1 is 1.04 bits per heavy atom. The minimum Gasteiger partial charge on any atom is -0.467 e. The lowest BCUT2D eigenvalue weighted by atomic mass is 10.0. The van der Waals surface area contributed by atoms with Gasteiger partial charge in [0, 0.05) is 15.4 Å². The van der Waals surface area contributed by atoms with Crippen LogP contribution in [0.1, 0.15) is 34.1 Å². The van der Waals surface area contributed by atoms with Crippen LogP contribution in [0.3, 0.4) is 0 Å². The average Bonchev–Trinajstić information content (AvgIpc) is 3.32. The number of hydrogen-bond acceptors (Lipinski definition) is 3. The summed E-state index contributed by atoms with van der Waals surface area (Å²) in [4.78, 5) is 13.1. The minimum absolute atomic E-state index is 0.161. The summed E-state index contributed by atoms with van der Waals surface area (Å²) in [6.07, 6.45) is 2.22. The molecule has 1 aliphatic heterocycles. The van der Waals surface area contributed by atoms with Gasteiger partial charge in [0.15, 0.2) is 0 Å². The van der Waals surface area contributed by atoms with E-state index >= 15 is 0 Å². The van der Waals surface area contributed by atoms with Crippen molar-refractivity contribution in [3.63, 3.8) is 0 Å². The van der Waals surface area contributed by atoms with Crippen LogP contribution < -0.4 is 0 Å². The van der Waals surface area contributed by atoms with E-state index in [1.165, 1.54) is 5.01 Å². The first-order valence-electron chi connectivity index (χ1n) is 8.08. The zero-order valence-corrected chi connectivity index (χ0v) is 16.8. The molecule has 0 spiro atoms. The molecule has 1 aliphatic rings. The van der Waals surface area contributed by atoms with Crippen LogP contribution in [-0.4, -0.2) is 16.6 Å². The topological polar surface area (TPSA) is 45.8 Å². The van der Waals surface area contributed by atoms with Gasteiger partial charge in [-0.2, -0.15) is 5.10 Å². The van der Waals surface area contributed by atoms with E-state index in [0.29, 0.717) is 12.0 Å². The van der Waals surface area contributed by atoms with Gasteiger partial charge in [-0.3, -0.25) is 4.79 Å². The Morgan fingerprint density at radius 3 is 2.50 bits per heavy atom. The fraction of sp³-hybridized carbons (Fsp3) is 0.100. The van der Waals surface area contributed by atoms with Crippen LogP contribution in [0.15, 0.2) is 85.4 Å². The first kappa shape index (κ1) is 17.2. The van der Waals surface area contributed by atoms with E-state index < -0.39 is 0 Å².